The number of nitrogens with zero attached hydrogens (tertiary/aromatic N) is 4. The first-order valence-corrected chi connectivity index (χ1v) is 35.7. The average Bonchev–Trinajstić information content (AvgIpc) is 1.79. The zero-order chi connectivity index (χ0) is 71.3. The summed E-state index contributed by atoms with van der Waals surface area (Å²) in [5.41, 5.74) is 5.42. The van der Waals surface area contributed by atoms with E-state index in [9.17, 15) is 56.4 Å². The maximum absolute atomic E-state index is 14.5. The summed E-state index contributed by atoms with van der Waals surface area (Å²) in [6, 6.07) is 0.759. The van der Waals surface area contributed by atoms with E-state index in [-0.39, 0.29) is 115 Å². The van der Waals surface area contributed by atoms with Crippen LogP contribution in [0.25, 0.3) is 0 Å². The first kappa shape index (κ1) is 83.3. The number of ether oxygens (including phenoxy) is 5. The van der Waals surface area contributed by atoms with Gasteiger partial charge in [0.05, 0.1) is 41.6 Å². The number of ketones is 2. The number of likely N-dealkylation sites (N-methyl/N-ethyl adjacent to an activating group) is 2. The Morgan fingerprint density at radius 1 is 0.737 bits per heavy atom. The third kappa shape index (κ3) is 26.8. The first-order chi connectivity index (χ1) is 44.8. The summed E-state index contributed by atoms with van der Waals surface area (Å²) in [6.07, 6.45) is 3.01. The van der Waals surface area contributed by atoms with E-state index in [4.69, 9.17) is 29.4 Å². The monoisotopic (exact) mass is 1360 g/mol. The minimum Gasteiger partial charge on any atom is -0.381 e. The second-order valence-electron chi connectivity index (χ2n) is 26.8. The number of nitrogens with one attached hydrogen (secondary N) is 4. The number of carbonyl (C=O) groups is 10. The highest BCUT2D eigenvalue weighted by Gasteiger charge is 2.44. The molecule has 2 aliphatic heterocycles. The van der Waals surface area contributed by atoms with Gasteiger partial charge in [-0.25, -0.2) is 13.2 Å². The normalized spacial score (nSPS) is 18.1. The van der Waals surface area contributed by atoms with Crippen LogP contribution in [0.2, 0.25) is 0 Å². The second-order valence-corrected chi connectivity index (χ2v) is 28.8. The van der Waals surface area contributed by atoms with Crippen LogP contribution >= 0.6 is 0 Å². The SMILES string of the molecule is CC[C@H](C)[C@@H]([C@@H](CC(=O)N1CCC[C@H]1[C@H](OC)[C@@H](C)C(=O)CS(=O)(=O)c1ccc(NC(=O)[C@H](CCCNC(N)=O)NC(=O)[C@@H](NC(=O)CCCOCCCOCCCOCCCN2C(=O)CC(C)C2=O)C(C)C)cc1)OC)N(C)C(=O)[C@@H](CC(=O)[C@H](C(C)C)N(C)C)C(C)C. The number of carbonyl (C=O) groups excluding carboxylic acids is 10. The summed E-state index contributed by atoms with van der Waals surface area (Å²) >= 11 is 0. The molecule has 0 radical (unpaired) electrons. The minimum absolute atomic E-state index is 0.0101. The van der Waals surface area contributed by atoms with Crippen molar-refractivity contribution in [2.24, 2.45) is 47.2 Å². The standard InChI is InChI=1S/C68H115N9O17S/c1-16-46(8)62(75(13)67(86)51(43(2)3)40-54(78)61(45(6)7)74(11)12)56(90-14)41-59(82)76-31-18-24-53(76)63(91-15)48(10)55(79)42-95(88,89)50-28-26-49(27-29-50)71-64(83)52(23-17-30-70-68(69)87)72-65(84)60(44(4)5)73-57(80)25-19-33-92-35-21-37-94-38-22-36-93-34-20-32-77-58(81)39-47(9)66(77)85/h26-29,43-48,51-53,56,60-63H,16-25,30-42H2,1-15H3,(H,71,83)(H,72,84)(H,73,80)(H3,69,70,87)/t46-,47?,48-,51-,52-,53-,56+,60-,61-,62-,63+/m0/s1. The van der Waals surface area contributed by atoms with Gasteiger partial charge in [0.2, 0.25) is 41.4 Å². The van der Waals surface area contributed by atoms with Gasteiger partial charge in [0, 0.05) is 123 Å². The van der Waals surface area contributed by atoms with Crippen LogP contribution in [0.4, 0.5) is 10.5 Å². The second kappa shape index (κ2) is 42.0. The highest BCUT2D eigenvalue weighted by atomic mass is 32.2. The summed E-state index contributed by atoms with van der Waals surface area (Å²) in [7, 11) is 4.10. The van der Waals surface area contributed by atoms with Crippen molar-refractivity contribution in [2.45, 2.75) is 200 Å². The van der Waals surface area contributed by atoms with Gasteiger partial charge in [-0.2, -0.15) is 0 Å². The molecule has 2 fully saturated rings. The third-order valence-corrected chi connectivity index (χ3v) is 19.7. The van der Waals surface area contributed by atoms with Gasteiger partial charge in [0.25, 0.3) is 0 Å². The van der Waals surface area contributed by atoms with E-state index in [0.717, 1.165) is 0 Å². The number of Topliss-reactive ketones (excluding diaryl/α,β-unsaturated/α-hetero) is 2. The molecule has 1 aromatic carbocycles. The van der Waals surface area contributed by atoms with Crippen LogP contribution < -0.4 is 27.0 Å². The molecule has 0 aromatic heterocycles. The van der Waals surface area contributed by atoms with Crippen LogP contribution in [0, 0.1) is 41.4 Å². The summed E-state index contributed by atoms with van der Waals surface area (Å²) in [6.45, 7) is 22.1. The molecule has 540 valence electrons. The van der Waals surface area contributed by atoms with Gasteiger partial charge in [-0.15, -0.1) is 0 Å². The quantitative estimate of drug-likeness (QED) is 0.0415. The Balaban J connectivity index is 1.58. The predicted octanol–water partition coefficient (Wildman–Crippen LogP) is 5.18. The molecule has 2 aliphatic rings. The van der Waals surface area contributed by atoms with Gasteiger partial charge in [-0.1, -0.05) is 75.7 Å². The van der Waals surface area contributed by atoms with Crippen molar-refractivity contribution in [3.05, 3.63) is 24.3 Å². The van der Waals surface area contributed by atoms with Gasteiger partial charge in [0.15, 0.2) is 21.4 Å². The van der Waals surface area contributed by atoms with E-state index in [1.165, 1.54) is 43.4 Å². The lowest BCUT2D eigenvalue weighted by Gasteiger charge is -2.41. The van der Waals surface area contributed by atoms with Crippen LogP contribution in [-0.2, 0) is 76.7 Å². The topological polar surface area (TPSA) is 338 Å². The van der Waals surface area contributed by atoms with Crippen molar-refractivity contribution in [1.82, 2.24) is 35.6 Å². The molecule has 27 heteroatoms. The van der Waals surface area contributed by atoms with E-state index in [1.54, 1.807) is 44.5 Å². The number of hydrogen-bond donors (Lipinski definition) is 5. The first-order valence-electron chi connectivity index (χ1n) is 34.0. The van der Waals surface area contributed by atoms with Crippen molar-refractivity contribution in [1.29, 1.82) is 0 Å². The molecule has 6 N–H and O–H groups in total. The fourth-order valence-electron chi connectivity index (χ4n) is 12.6. The lowest BCUT2D eigenvalue weighted by molar-refractivity contribution is -0.149. The number of imide groups is 1. The Bertz CT molecular complexity index is 2740. The molecule has 1 aromatic rings. The summed E-state index contributed by atoms with van der Waals surface area (Å²) in [5.74, 6) is -6.37. The Morgan fingerprint density at radius 2 is 1.34 bits per heavy atom. The molecule has 0 spiro atoms. The Labute approximate surface area is 564 Å². The zero-order valence-corrected chi connectivity index (χ0v) is 60.2. The maximum atomic E-state index is 14.5. The van der Waals surface area contributed by atoms with Crippen molar-refractivity contribution in [3.8, 4) is 0 Å². The molecule has 11 atom stereocenters. The highest BCUT2D eigenvalue weighted by molar-refractivity contribution is 7.92. The molecule has 1 unspecified atom stereocenters. The van der Waals surface area contributed by atoms with Crippen LogP contribution in [0.3, 0.4) is 0 Å². The number of rotatable bonds is 47. The van der Waals surface area contributed by atoms with Crippen molar-refractivity contribution in [2.75, 3.05) is 106 Å². The number of primary amides is 1. The number of methoxy groups -OCH3 is 2. The predicted molar refractivity (Wildman–Crippen MR) is 360 cm³/mol. The van der Waals surface area contributed by atoms with Gasteiger partial charge < -0.3 is 60.5 Å². The number of amides is 9. The Kier molecular flexibility index (Phi) is 36.8. The van der Waals surface area contributed by atoms with Crippen molar-refractivity contribution >= 4 is 74.5 Å². The average molecular weight is 1360 g/mol. The summed E-state index contributed by atoms with van der Waals surface area (Å²) in [4.78, 5) is 139. The molecule has 2 heterocycles. The zero-order valence-electron chi connectivity index (χ0n) is 59.4. The minimum atomic E-state index is -4.27. The van der Waals surface area contributed by atoms with E-state index in [2.05, 4.69) is 21.3 Å². The van der Waals surface area contributed by atoms with Gasteiger partial charge in [0.1, 0.15) is 17.8 Å². The largest absolute Gasteiger partial charge is 0.381 e. The lowest BCUT2D eigenvalue weighted by atomic mass is 9.83. The van der Waals surface area contributed by atoms with Crippen LogP contribution in [0.5, 0.6) is 0 Å². The fourth-order valence-corrected chi connectivity index (χ4v) is 13.9. The summed E-state index contributed by atoms with van der Waals surface area (Å²) < 4.78 is 56.8. The molecule has 26 nitrogen and oxygen atoms in total. The van der Waals surface area contributed by atoms with Crippen molar-refractivity contribution in [3.63, 3.8) is 0 Å². The molecule has 3 rings (SSSR count). The smallest absolute Gasteiger partial charge is 0.312 e. The van der Waals surface area contributed by atoms with E-state index in [1.807, 2.05) is 60.5 Å². The number of nitrogens with two attached hydrogens (primary N) is 1. The van der Waals surface area contributed by atoms with Gasteiger partial charge in [-0.3, -0.25) is 53.0 Å². The van der Waals surface area contributed by atoms with Crippen molar-refractivity contribution < 1.29 is 80.0 Å². The Morgan fingerprint density at radius 3 is 1.85 bits per heavy atom. The highest BCUT2D eigenvalue weighted by Crippen LogP contribution is 2.32. The Hall–Kier alpha value is -5.97. The molecule has 0 aliphatic carbocycles. The molecular weight excluding hydrogens is 1250 g/mol. The number of anilines is 1. The van der Waals surface area contributed by atoms with Gasteiger partial charge >= 0.3 is 6.03 Å². The van der Waals surface area contributed by atoms with E-state index >= 15 is 0 Å². The van der Waals surface area contributed by atoms with Crippen LogP contribution in [0.15, 0.2) is 29.2 Å². The van der Waals surface area contributed by atoms with Gasteiger partial charge in [-0.05, 0) is 113 Å². The van der Waals surface area contributed by atoms with Crippen LogP contribution in [0.1, 0.15) is 153 Å². The number of urea groups is 1. The van der Waals surface area contributed by atoms with E-state index in [0.29, 0.717) is 97.7 Å². The molecule has 95 heavy (non-hydrogen) atoms. The third-order valence-electron chi connectivity index (χ3n) is 18.1. The molecule has 9 amide bonds. The van der Waals surface area contributed by atoms with E-state index < -0.39 is 99.3 Å². The molecular formula is C68H115N9O17S. The molecule has 2 saturated heterocycles. The number of likely N-dealkylation sites (tertiary alicyclic amines) is 2. The fraction of sp³-hybridized carbons (Fsp3) is 0.765. The number of benzene rings is 1. The number of hydrogen-bond acceptors (Lipinski definition) is 18. The molecule has 0 bridgehead atoms. The molecule has 0 saturated carbocycles. The summed E-state index contributed by atoms with van der Waals surface area (Å²) in [5, 5.41) is 10.7. The number of sulfone groups is 1. The lowest BCUT2D eigenvalue weighted by Crippen LogP contribution is -2.54. The van der Waals surface area contributed by atoms with Crippen LogP contribution in [-0.4, -0.2) is 230 Å². The maximum Gasteiger partial charge on any atom is 0.312 e.